The Labute approximate surface area is 99.2 Å². The van der Waals surface area contributed by atoms with E-state index >= 15 is 0 Å². The Morgan fingerprint density at radius 1 is 1.12 bits per heavy atom. The minimum Gasteiger partial charge on any atom is -0.392 e. The van der Waals surface area contributed by atoms with Gasteiger partial charge in [0.1, 0.15) is 0 Å². The van der Waals surface area contributed by atoms with E-state index in [9.17, 15) is 5.11 Å². The maximum Gasteiger partial charge on any atom is 0.0693 e. The molecule has 0 aromatic rings. The summed E-state index contributed by atoms with van der Waals surface area (Å²) in [6, 6.07) is 1.17. The van der Waals surface area contributed by atoms with Crippen LogP contribution in [0.4, 0.5) is 0 Å². The summed E-state index contributed by atoms with van der Waals surface area (Å²) in [5, 5.41) is 13.2. The molecule has 0 bridgehead atoms. The summed E-state index contributed by atoms with van der Waals surface area (Å²) in [6.45, 7) is 2.14. The van der Waals surface area contributed by atoms with Gasteiger partial charge in [-0.1, -0.05) is 12.8 Å². The summed E-state index contributed by atoms with van der Waals surface area (Å²) in [7, 11) is 2.24. The van der Waals surface area contributed by atoms with Gasteiger partial charge in [-0.05, 0) is 39.2 Å². The van der Waals surface area contributed by atoms with Crippen LogP contribution in [0.15, 0.2) is 0 Å². The van der Waals surface area contributed by atoms with E-state index in [0.29, 0.717) is 6.04 Å². The van der Waals surface area contributed by atoms with Crippen molar-refractivity contribution in [1.29, 1.82) is 0 Å². The molecular weight excluding hydrogens is 200 g/mol. The molecule has 94 valence electrons. The highest BCUT2D eigenvalue weighted by molar-refractivity contribution is 4.83. The first-order valence-corrected chi connectivity index (χ1v) is 6.89. The molecule has 0 saturated heterocycles. The molecule has 0 unspecified atom stereocenters. The third-order valence-corrected chi connectivity index (χ3v) is 4.30. The summed E-state index contributed by atoms with van der Waals surface area (Å²) in [4.78, 5) is 2.49. The molecule has 0 amide bonds. The molecule has 2 fully saturated rings. The molecule has 0 aliphatic heterocycles. The Hall–Kier alpha value is -0.120. The average molecular weight is 226 g/mol. The van der Waals surface area contributed by atoms with E-state index in [1.807, 2.05) is 0 Å². The second-order valence-corrected chi connectivity index (χ2v) is 5.48. The minimum absolute atomic E-state index is 0.100. The Balaban J connectivity index is 1.59. The van der Waals surface area contributed by atoms with Crippen molar-refractivity contribution in [2.45, 2.75) is 63.1 Å². The van der Waals surface area contributed by atoms with Crippen LogP contribution in [0.5, 0.6) is 0 Å². The summed E-state index contributed by atoms with van der Waals surface area (Å²) in [5.41, 5.74) is 0. The first-order valence-electron chi connectivity index (χ1n) is 6.89. The van der Waals surface area contributed by atoms with Crippen molar-refractivity contribution in [1.82, 2.24) is 10.2 Å². The molecule has 2 rings (SSSR count). The van der Waals surface area contributed by atoms with Crippen LogP contribution in [-0.2, 0) is 0 Å². The zero-order valence-electron chi connectivity index (χ0n) is 10.5. The smallest absolute Gasteiger partial charge is 0.0693 e. The number of hydrogen-bond acceptors (Lipinski definition) is 3. The van der Waals surface area contributed by atoms with Crippen LogP contribution >= 0.6 is 0 Å². The second kappa shape index (κ2) is 5.99. The van der Waals surface area contributed by atoms with Crippen molar-refractivity contribution < 1.29 is 5.11 Å². The van der Waals surface area contributed by atoms with Gasteiger partial charge in [-0.15, -0.1) is 0 Å². The van der Waals surface area contributed by atoms with E-state index in [2.05, 4.69) is 17.3 Å². The SMILES string of the molecule is CN(CCN[C@@H]1CCC[C@H]1O)C1CCCC1. The number of aliphatic hydroxyl groups is 1. The van der Waals surface area contributed by atoms with Crippen molar-refractivity contribution in [2.75, 3.05) is 20.1 Å². The number of aliphatic hydroxyl groups excluding tert-OH is 1. The lowest BCUT2D eigenvalue weighted by Crippen LogP contribution is -2.41. The summed E-state index contributed by atoms with van der Waals surface area (Å²) in [5.74, 6) is 0. The predicted octanol–water partition coefficient (Wildman–Crippen LogP) is 1.36. The topological polar surface area (TPSA) is 35.5 Å². The zero-order chi connectivity index (χ0) is 11.4. The maximum atomic E-state index is 9.69. The minimum atomic E-state index is -0.100. The molecule has 2 N–H and O–H groups in total. The molecule has 2 atom stereocenters. The van der Waals surface area contributed by atoms with Gasteiger partial charge in [-0.3, -0.25) is 0 Å². The largest absolute Gasteiger partial charge is 0.392 e. The van der Waals surface area contributed by atoms with Gasteiger partial charge in [0, 0.05) is 25.2 Å². The first kappa shape index (κ1) is 12.3. The molecule has 0 heterocycles. The fourth-order valence-electron chi connectivity index (χ4n) is 3.13. The van der Waals surface area contributed by atoms with Gasteiger partial charge in [-0.2, -0.15) is 0 Å². The zero-order valence-corrected chi connectivity index (χ0v) is 10.5. The molecule has 2 aliphatic carbocycles. The average Bonchev–Trinajstić information content (AvgIpc) is 2.90. The van der Waals surface area contributed by atoms with E-state index in [4.69, 9.17) is 0 Å². The fraction of sp³-hybridized carbons (Fsp3) is 1.00. The standard InChI is InChI=1S/C13H26N2O/c1-15(11-5-2-3-6-11)10-9-14-12-7-4-8-13(12)16/h11-14,16H,2-10H2,1H3/t12-,13-/m1/s1. The van der Waals surface area contributed by atoms with E-state index in [0.717, 1.165) is 32.0 Å². The lowest BCUT2D eigenvalue weighted by Gasteiger charge is -2.25. The van der Waals surface area contributed by atoms with E-state index in [1.54, 1.807) is 0 Å². The maximum absolute atomic E-state index is 9.69. The fourth-order valence-corrected chi connectivity index (χ4v) is 3.13. The summed E-state index contributed by atoms with van der Waals surface area (Å²) in [6.07, 6.45) is 8.78. The van der Waals surface area contributed by atoms with E-state index in [1.165, 1.54) is 32.1 Å². The van der Waals surface area contributed by atoms with Crippen LogP contribution in [0.25, 0.3) is 0 Å². The lowest BCUT2D eigenvalue weighted by molar-refractivity contribution is 0.145. The third-order valence-electron chi connectivity index (χ3n) is 4.30. The molecule has 0 aromatic heterocycles. The molecule has 0 spiro atoms. The first-order chi connectivity index (χ1) is 7.77. The molecule has 3 nitrogen and oxygen atoms in total. The van der Waals surface area contributed by atoms with Gasteiger partial charge >= 0.3 is 0 Å². The highest BCUT2D eigenvalue weighted by Gasteiger charge is 2.25. The Kier molecular flexibility index (Phi) is 4.62. The number of rotatable bonds is 5. The van der Waals surface area contributed by atoms with Gasteiger partial charge in [0.2, 0.25) is 0 Å². The van der Waals surface area contributed by atoms with Crippen LogP contribution < -0.4 is 5.32 Å². The summed E-state index contributed by atoms with van der Waals surface area (Å²) >= 11 is 0. The van der Waals surface area contributed by atoms with Crippen LogP contribution in [0.3, 0.4) is 0 Å². The van der Waals surface area contributed by atoms with Crippen molar-refractivity contribution in [3.05, 3.63) is 0 Å². The molecule has 0 aromatic carbocycles. The monoisotopic (exact) mass is 226 g/mol. The Bertz CT molecular complexity index is 204. The van der Waals surface area contributed by atoms with Crippen molar-refractivity contribution in [3.8, 4) is 0 Å². The summed E-state index contributed by atoms with van der Waals surface area (Å²) < 4.78 is 0. The highest BCUT2D eigenvalue weighted by atomic mass is 16.3. The number of hydrogen-bond donors (Lipinski definition) is 2. The van der Waals surface area contributed by atoms with E-state index in [-0.39, 0.29) is 6.10 Å². The van der Waals surface area contributed by atoms with Gasteiger partial charge in [0.25, 0.3) is 0 Å². The van der Waals surface area contributed by atoms with Gasteiger partial charge < -0.3 is 15.3 Å². The van der Waals surface area contributed by atoms with E-state index < -0.39 is 0 Å². The Morgan fingerprint density at radius 3 is 2.50 bits per heavy atom. The van der Waals surface area contributed by atoms with Crippen LogP contribution in [0, 0.1) is 0 Å². The van der Waals surface area contributed by atoms with Crippen molar-refractivity contribution in [3.63, 3.8) is 0 Å². The van der Waals surface area contributed by atoms with Gasteiger partial charge in [0.05, 0.1) is 6.10 Å². The lowest BCUT2D eigenvalue weighted by atomic mass is 10.2. The molecule has 2 aliphatic rings. The third kappa shape index (κ3) is 3.19. The highest BCUT2D eigenvalue weighted by Crippen LogP contribution is 2.22. The quantitative estimate of drug-likeness (QED) is 0.743. The normalized spacial score (nSPS) is 31.7. The van der Waals surface area contributed by atoms with Crippen molar-refractivity contribution in [2.24, 2.45) is 0 Å². The number of nitrogens with one attached hydrogen (secondary N) is 1. The second-order valence-electron chi connectivity index (χ2n) is 5.48. The molecular formula is C13H26N2O. The number of likely N-dealkylation sites (N-methyl/N-ethyl adjacent to an activating group) is 1. The molecule has 0 radical (unpaired) electrons. The Morgan fingerprint density at radius 2 is 1.88 bits per heavy atom. The molecule has 16 heavy (non-hydrogen) atoms. The van der Waals surface area contributed by atoms with Crippen LogP contribution in [0.2, 0.25) is 0 Å². The van der Waals surface area contributed by atoms with Crippen LogP contribution in [0.1, 0.15) is 44.9 Å². The van der Waals surface area contributed by atoms with Crippen LogP contribution in [-0.4, -0.2) is 48.3 Å². The van der Waals surface area contributed by atoms with Gasteiger partial charge in [-0.25, -0.2) is 0 Å². The molecule has 2 saturated carbocycles. The van der Waals surface area contributed by atoms with Crippen molar-refractivity contribution >= 4 is 0 Å². The van der Waals surface area contributed by atoms with Gasteiger partial charge in [0.15, 0.2) is 0 Å². The number of nitrogens with zero attached hydrogens (tertiary/aromatic N) is 1. The molecule has 3 heteroatoms. The predicted molar refractivity (Wildman–Crippen MR) is 66.5 cm³/mol.